The zero-order valence-electron chi connectivity index (χ0n) is 15.9. The number of ether oxygens (including phenoxy) is 1. The molecule has 2 atom stereocenters. The molecule has 0 aromatic heterocycles. The second kappa shape index (κ2) is 8.96. The van der Waals surface area contributed by atoms with E-state index >= 15 is 0 Å². The fraction of sp³-hybridized carbons (Fsp3) is 0.455. The second-order valence-corrected chi connectivity index (χ2v) is 7.40. The van der Waals surface area contributed by atoms with Gasteiger partial charge in [-0.15, -0.1) is 12.4 Å². The Labute approximate surface area is 168 Å². The number of aryl methyl sites for hydroxylation is 1. The first kappa shape index (κ1) is 20.0. The standard InChI is InChI=1S/C22H28N2O2.ClH/c1-26-21-9-5-4-8-20(21)24-14-12-23(13-15-24)16-18-11-10-17-6-2-3-7-19(17)22(18)25;/h2-9,18,22,25H,10-16H2,1H3;1H/t18-,22+;/m1./s1. The lowest BCUT2D eigenvalue weighted by molar-refractivity contribution is 0.0642. The Morgan fingerprint density at radius 1 is 1.00 bits per heavy atom. The topological polar surface area (TPSA) is 35.9 Å². The van der Waals surface area contributed by atoms with Gasteiger partial charge in [0.1, 0.15) is 5.75 Å². The molecule has 1 heterocycles. The average molecular weight is 389 g/mol. The number of fused-ring (bicyclic) bond motifs is 1. The molecule has 2 aliphatic rings. The van der Waals surface area contributed by atoms with Crippen molar-refractivity contribution in [1.29, 1.82) is 0 Å². The summed E-state index contributed by atoms with van der Waals surface area (Å²) in [6, 6.07) is 16.6. The highest BCUT2D eigenvalue weighted by molar-refractivity contribution is 5.85. The molecule has 1 saturated heterocycles. The predicted molar refractivity (Wildman–Crippen MR) is 112 cm³/mol. The Kier molecular flexibility index (Phi) is 6.64. The summed E-state index contributed by atoms with van der Waals surface area (Å²) in [5.74, 6) is 1.28. The van der Waals surface area contributed by atoms with E-state index in [0.717, 1.165) is 56.9 Å². The molecule has 146 valence electrons. The number of benzene rings is 2. The molecule has 1 aliphatic carbocycles. The average Bonchev–Trinajstić information content (AvgIpc) is 2.71. The molecule has 2 aromatic carbocycles. The van der Waals surface area contributed by atoms with Gasteiger partial charge in [0.15, 0.2) is 0 Å². The summed E-state index contributed by atoms with van der Waals surface area (Å²) in [4.78, 5) is 4.91. The zero-order valence-corrected chi connectivity index (χ0v) is 16.7. The SMILES string of the molecule is COc1ccccc1N1CCN(C[C@H]2CCc3ccccc3[C@H]2O)CC1.Cl. The van der Waals surface area contributed by atoms with Crippen LogP contribution in [0.5, 0.6) is 5.75 Å². The van der Waals surface area contributed by atoms with Crippen molar-refractivity contribution in [2.45, 2.75) is 18.9 Å². The van der Waals surface area contributed by atoms with Crippen molar-refractivity contribution >= 4 is 18.1 Å². The number of hydrogen-bond donors (Lipinski definition) is 1. The van der Waals surface area contributed by atoms with Gasteiger partial charge in [0.25, 0.3) is 0 Å². The monoisotopic (exact) mass is 388 g/mol. The fourth-order valence-electron chi connectivity index (χ4n) is 4.39. The van der Waals surface area contributed by atoms with Gasteiger partial charge in [-0.1, -0.05) is 36.4 Å². The van der Waals surface area contributed by atoms with Crippen molar-refractivity contribution in [3.05, 3.63) is 59.7 Å². The van der Waals surface area contributed by atoms with E-state index in [4.69, 9.17) is 4.74 Å². The Hall–Kier alpha value is -1.75. The molecule has 0 saturated carbocycles. The largest absolute Gasteiger partial charge is 0.495 e. The van der Waals surface area contributed by atoms with Crippen LogP contribution >= 0.6 is 12.4 Å². The molecular formula is C22H29ClN2O2. The van der Waals surface area contributed by atoms with Crippen molar-refractivity contribution in [3.63, 3.8) is 0 Å². The molecule has 1 aliphatic heterocycles. The molecule has 0 amide bonds. The molecule has 0 bridgehead atoms. The van der Waals surface area contributed by atoms with Crippen molar-refractivity contribution in [2.75, 3.05) is 44.7 Å². The quantitative estimate of drug-likeness (QED) is 0.869. The molecule has 1 fully saturated rings. The minimum Gasteiger partial charge on any atom is -0.495 e. The lowest BCUT2D eigenvalue weighted by atomic mass is 9.81. The number of nitrogens with zero attached hydrogens (tertiary/aromatic N) is 2. The minimum absolute atomic E-state index is 0. The summed E-state index contributed by atoms with van der Waals surface area (Å²) in [6.45, 7) is 5.04. The normalized spacial score (nSPS) is 22.7. The first-order valence-corrected chi connectivity index (χ1v) is 9.62. The maximum Gasteiger partial charge on any atom is 0.142 e. The van der Waals surface area contributed by atoms with Gasteiger partial charge in [-0.3, -0.25) is 4.90 Å². The van der Waals surface area contributed by atoms with Crippen LogP contribution < -0.4 is 9.64 Å². The van der Waals surface area contributed by atoms with Gasteiger partial charge in [-0.25, -0.2) is 0 Å². The molecule has 0 unspecified atom stereocenters. The van der Waals surface area contributed by atoms with E-state index in [1.807, 2.05) is 18.2 Å². The summed E-state index contributed by atoms with van der Waals surface area (Å²) < 4.78 is 5.51. The van der Waals surface area contributed by atoms with E-state index in [2.05, 4.69) is 40.1 Å². The Morgan fingerprint density at radius 2 is 1.70 bits per heavy atom. The lowest BCUT2D eigenvalue weighted by Crippen LogP contribution is -2.48. The molecule has 0 spiro atoms. The van der Waals surface area contributed by atoms with Crippen LogP contribution in [0, 0.1) is 5.92 Å². The Morgan fingerprint density at radius 3 is 2.48 bits per heavy atom. The predicted octanol–water partition coefficient (Wildman–Crippen LogP) is 3.54. The van der Waals surface area contributed by atoms with Crippen molar-refractivity contribution in [1.82, 2.24) is 4.90 Å². The van der Waals surface area contributed by atoms with Crippen molar-refractivity contribution in [2.24, 2.45) is 5.92 Å². The first-order chi connectivity index (χ1) is 12.8. The second-order valence-electron chi connectivity index (χ2n) is 7.40. The van der Waals surface area contributed by atoms with E-state index in [0.29, 0.717) is 5.92 Å². The van der Waals surface area contributed by atoms with Crippen LogP contribution in [0.4, 0.5) is 5.69 Å². The number of rotatable bonds is 4. The summed E-state index contributed by atoms with van der Waals surface area (Å²) in [5.41, 5.74) is 3.63. The number of aliphatic hydroxyl groups excluding tert-OH is 1. The maximum absolute atomic E-state index is 10.8. The van der Waals surface area contributed by atoms with Gasteiger partial charge in [-0.05, 0) is 36.1 Å². The van der Waals surface area contributed by atoms with Crippen LogP contribution in [-0.4, -0.2) is 49.8 Å². The molecule has 0 radical (unpaired) electrons. The van der Waals surface area contributed by atoms with Crippen LogP contribution in [0.15, 0.2) is 48.5 Å². The van der Waals surface area contributed by atoms with E-state index in [1.165, 1.54) is 11.3 Å². The number of halogens is 1. The zero-order chi connectivity index (χ0) is 17.9. The molecule has 2 aromatic rings. The summed E-state index contributed by atoms with van der Waals surface area (Å²) in [5, 5.41) is 10.8. The van der Waals surface area contributed by atoms with Gasteiger partial charge in [0.2, 0.25) is 0 Å². The highest BCUT2D eigenvalue weighted by Gasteiger charge is 2.30. The number of aliphatic hydroxyl groups is 1. The summed E-state index contributed by atoms with van der Waals surface area (Å²) in [6.07, 6.45) is 1.83. The van der Waals surface area contributed by atoms with Crippen LogP contribution in [0.3, 0.4) is 0 Å². The van der Waals surface area contributed by atoms with Gasteiger partial charge in [-0.2, -0.15) is 0 Å². The Balaban J connectivity index is 0.00000210. The van der Waals surface area contributed by atoms with E-state index < -0.39 is 0 Å². The number of anilines is 1. The Bertz CT molecular complexity index is 747. The lowest BCUT2D eigenvalue weighted by Gasteiger charge is -2.40. The van der Waals surface area contributed by atoms with E-state index in [9.17, 15) is 5.11 Å². The number of piperazine rings is 1. The van der Waals surface area contributed by atoms with Gasteiger partial charge >= 0.3 is 0 Å². The molecule has 5 heteroatoms. The summed E-state index contributed by atoms with van der Waals surface area (Å²) in [7, 11) is 1.73. The van der Waals surface area contributed by atoms with Gasteiger partial charge in [0.05, 0.1) is 18.9 Å². The van der Waals surface area contributed by atoms with Crippen molar-refractivity contribution in [3.8, 4) is 5.75 Å². The highest BCUT2D eigenvalue weighted by Crippen LogP contribution is 2.35. The smallest absolute Gasteiger partial charge is 0.142 e. The third-order valence-electron chi connectivity index (χ3n) is 5.90. The van der Waals surface area contributed by atoms with Crippen LogP contribution in [0.1, 0.15) is 23.7 Å². The van der Waals surface area contributed by atoms with Crippen LogP contribution in [-0.2, 0) is 6.42 Å². The molecule has 4 nitrogen and oxygen atoms in total. The third-order valence-corrected chi connectivity index (χ3v) is 5.90. The van der Waals surface area contributed by atoms with Crippen molar-refractivity contribution < 1.29 is 9.84 Å². The van der Waals surface area contributed by atoms with E-state index in [1.54, 1.807) is 7.11 Å². The van der Waals surface area contributed by atoms with Gasteiger partial charge < -0.3 is 14.7 Å². The number of hydrogen-bond acceptors (Lipinski definition) is 4. The molecule has 27 heavy (non-hydrogen) atoms. The molecule has 1 N–H and O–H groups in total. The van der Waals surface area contributed by atoms with E-state index in [-0.39, 0.29) is 18.5 Å². The summed E-state index contributed by atoms with van der Waals surface area (Å²) >= 11 is 0. The fourth-order valence-corrected chi connectivity index (χ4v) is 4.39. The molecular weight excluding hydrogens is 360 g/mol. The third kappa shape index (κ3) is 4.23. The first-order valence-electron chi connectivity index (χ1n) is 9.62. The number of para-hydroxylation sites is 2. The highest BCUT2D eigenvalue weighted by atomic mass is 35.5. The molecule has 4 rings (SSSR count). The maximum atomic E-state index is 10.8. The van der Waals surface area contributed by atoms with Crippen LogP contribution in [0.25, 0.3) is 0 Å². The minimum atomic E-state index is -0.327. The van der Waals surface area contributed by atoms with Gasteiger partial charge in [0, 0.05) is 38.6 Å². The number of methoxy groups -OCH3 is 1. The van der Waals surface area contributed by atoms with Crippen LogP contribution in [0.2, 0.25) is 0 Å².